The van der Waals surface area contributed by atoms with Gasteiger partial charge in [-0.2, -0.15) is 0 Å². The van der Waals surface area contributed by atoms with Gasteiger partial charge in [-0.1, -0.05) is 12.2 Å². The summed E-state index contributed by atoms with van der Waals surface area (Å²) in [6, 6.07) is 0. The van der Waals surface area contributed by atoms with Crippen LogP contribution in [0.15, 0.2) is 12.2 Å². The molecule has 0 aromatic carbocycles. The van der Waals surface area contributed by atoms with Crippen LogP contribution >= 0.6 is 0 Å². The lowest BCUT2D eigenvalue weighted by atomic mass is 9.91. The predicted molar refractivity (Wildman–Crippen MR) is 62.9 cm³/mol. The van der Waals surface area contributed by atoms with Crippen LogP contribution in [-0.4, -0.2) is 14.3 Å². The van der Waals surface area contributed by atoms with E-state index in [1.807, 2.05) is 0 Å². The second-order valence-electron chi connectivity index (χ2n) is 5.83. The summed E-state index contributed by atoms with van der Waals surface area (Å²) in [4.78, 5) is 11.7. The van der Waals surface area contributed by atoms with Gasteiger partial charge in [-0.3, -0.25) is 4.79 Å². The van der Waals surface area contributed by atoms with Crippen LogP contribution < -0.4 is 0 Å². The zero-order valence-electron chi connectivity index (χ0n) is 9.82. The van der Waals surface area contributed by atoms with E-state index in [-0.39, 0.29) is 5.97 Å². The molecule has 2 aliphatic carbocycles. The van der Waals surface area contributed by atoms with Crippen molar-refractivity contribution in [3.8, 4) is 0 Å². The van der Waals surface area contributed by atoms with Crippen molar-refractivity contribution in [2.75, 3.05) is 0 Å². The molecule has 0 saturated heterocycles. The first kappa shape index (κ1) is 10.9. The molecule has 2 bridgehead atoms. The molecular weight excluding hydrogens is 204 g/mol. The fourth-order valence-electron chi connectivity index (χ4n) is 2.73. The first-order valence-electron chi connectivity index (χ1n) is 5.84. The highest BCUT2D eigenvalue weighted by molar-refractivity contribution is 6.71. The van der Waals surface area contributed by atoms with Gasteiger partial charge < -0.3 is 4.43 Å². The quantitative estimate of drug-likeness (QED) is 0.544. The van der Waals surface area contributed by atoms with Gasteiger partial charge in [0.2, 0.25) is 8.32 Å². The average molecular weight is 224 g/mol. The fourth-order valence-corrected chi connectivity index (χ4v) is 3.49. The number of carbonyl (C=O) groups is 1. The summed E-state index contributed by atoms with van der Waals surface area (Å²) in [7, 11) is -1.68. The Morgan fingerprint density at radius 3 is 2.53 bits per heavy atom. The Bertz CT molecular complexity index is 290. The Hall–Kier alpha value is -0.573. The zero-order chi connectivity index (χ0) is 11.1. The first-order chi connectivity index (χ1) is 6.94. The smallest absolute Gasteiger partial charge is 0.292 e. The van der Waals surface area contributed by atoms with Gasteiger partial charge in [0, 0.05) is 6.42 Å². The molecule has 2 nitrogen and oxygen atoms in total. The molecule has 1 saturated carbocycles. The summed E-state index contributed by atoms with van der Waals surface area (Å²) < 4.78 is 5.48. The SMILES string of the molecule is C[Si](C)(C)OC(=O)CC1CC2C=CC1C2. The number of hydrogen-bond donors (Lipinski definition) is 0. The molecule has 0 radical (unpaired) electrons. The lowest BCUT2D eigenvalue weighted by Gasteiger charge is -2.21. The second kappa shape index (κ2) is 3.78. The molecule has 3 heteroatoms. The molecule has 2 rings (SSSR count). The van der Waals surface area contributed by atoms with E-state index < -0.39 is 8.32 Å². The number of rotatable bonds is 3. The molecule has 1 fully saturated rings. The number of carbonyl (C=O) groups excluding carboxylic acids is 1. The number of fused-ring (bicyclic) bond motifs is 2. The van der Waals surface area contributed by atoms with E-state index >= 15 is 0 Å². The molecule has 0 aromatic rings. The normalized spacial score (nSPS) is 33.4. The molecule has 2 aliphatic rings. The van der Waals surface area contributed by atoms with Crippen LogP contribution in [0.2, 0.25) is 19.6 Å². The molecule has 0 heterocycles. The standard InChI is InChI=1S/C12H20O2Si/c1-15(2,3)14-12(13)8-11-7-9-4-5-10(11)6-9/h4-5,9-11H,6-8H2,1-3H3. The van der Waals surface area contributed by atoms with Crippen LogP contribution in [0, 0.1) is 17.8 Å². The molecule has 15 heavy (non-hydrogen) atoms. The third-order valence-electron chi connectivity index (χ3n) is 3.27. The third-order valence-corrected chi connectivity index (χ3v) is 4.11. The topological polar surface area (TPSA) is 26.3 Å². The van der Waals surface area contributed by atoms with Crippen LogP contribution in [0.25, 0.3) is 0 Å². The molecule has 0 aromatic heterocycles. The summed E-state index contributed by atoms with van der Waals surface area (Å²) >= 11 is 0. The van der Waals surface area contributed by atoms with E-state index in [1.165, 1.54) is 12.8 Å². The minimum atomic E-state index is -1.68. The van der Waals surface area contributed by atoms with Crippen molar-refractivity contribution in [2.45, 2.75) is 38.9 Å². The fraction of sp³-hybridized carbons (Fsp3) is 0.750. The molecular formula is C12H20O2Si. The van der Waals surface area contributed by atoms with Crippen molar-refractivity contribution >= 4 is 14.3 Å². The van der Waals surface area contributed by atoms with E-state index in [1.54, 1.807) is 0 Å². The van der Waals surface area contributed by atoms with Crippen molar-refractivity contribution in [3.05, 3.63) is 12.2 Å². The Balaban J connectivity index is 1.83. The zero-order valence-corrected chi connectivity index (χ0v) is 10.8. The predicted octanol–water partition coefficient (Wildman–Crippen LogP) is 2.97. The molecule has 3 unspecified atom stereocenters. The van der Waals surface area contributed by atoms with E-state index in [0.29, 0.717) is 18.3 Å². The van der Waals surface area contributed by atoms with Gasteiger partial charge in [0.05, 0.1) is 0 Å². The van der Waals surface area contributed by atoms with Gasteiger partial charge in [-0.15, -0.1) is 0 Å². The second-order valence-corrected chi connectivity index (χ2v) is 10.3. The minimum Gasteiger partial charge on any atom is -0.520 e. The average Bonchev–Trinajstić information content (AvgIpc) is 2.60. The van der Waals surface area contributed by atoms with E-state index in [2.05, 4.69) is 31.8 Å². The van der Waals surface area contributed by atoms with Gasteiger partial charge in [-0.05, 0) is 50.2 Å². The molecule has 0 N–H and O–H groups in total. The van der Waals surface area contributed by atoms with Gasteiger partial charge in [0.1, 0.15) is 0 Å². The minimum absolute atomic E-state index is 0.0279. The van der Waals surface area contributed by atoms with Crippen molar-refractivity contribution in [2.24, 2.45) is 17.8 Å². The van der Waals surface area contributed by atoms with Gasteiger partial charge in [-0.25, -0.2) is 0 Å². The van der Waals surface area contributed by atoms with Crippen LogP contribution in [0.1, 0.15) is 19.3 Å². The molecule has 0 amide bonds. The number of allylic oxidation sites excluding steroid dienone is 2. The molecule has 3 atom stereocenters. The van der Waals surface area contributed by atoms with Crippen molar-refractivity contribution in [1.29, 1.82) is 0 Å². The Morgan fingerprint density at radius 1 is 1.33 bits per heavy atom. The maximum atomic E-state index is 11.7. The Labute approximate surface area is 92.8 Å². The van der Waals surface area contributed by atoms with Crippen LogP contribution in [-0.2, 0) is 9.22 Å². The maximum absolute atomic E-state index is 11.7. The molecule has 0 aliphatic heterocycles. The summed E-state index contributed by atoms with van der Waals surface area (Å²) in [6.07, 6.45) is 7.70. The molecule has 84 valence electrons. The van der Waals surface area contributed by atoms with Crippen molar-refractivity contribution in [1.82, 2.24) is 0 Å². The van der Waals surface area contributed by atoms with Gasteiger partial charge >= 0.3 is 0 Å². The van der Waals surface area contributed by atoms with E-state index in [9.17, 15) is 4.79 Å². The highest BCUT2D eigenvalue weighted by atomic mass is 28.4. The van der Waals surface area contributed by atoms with Crippen molar-refractivity contribution < 1.29 is 9.22 Å². The highest BCUT2D eigenvalue weighted by Crippen LogP contribution is 2.45. The van der Waals surface area contributed by atoms with Gasteiger partial charge in [0.25, 0.3) is 5.97 Å². The van der Waals surface area contributed by atoms with Gasteiger partial charge in [0.15, 0.2) is 0 Å². The van der Waals surface area contributed by atoms with Crippen LogP contribution in [0.3, 0.4) is 0 Å². The highest BCUT2D eigenvalue weighted by Gasteiger charge is 2.37. The largest absolute Gasteiger partial charge is 0.520 e. The number of hydrogen-bond acceptors (Lipinski definition) is 2. The molecule has 0 spiro atoms. The Morgan fingerprint density at radius 2 is 2.07 bits per heavy atom. The first-order valence-corrected chi connectivity index (χ1v) is 9.25. The summed E-state index contributed by atoms with van der Waals surface area (Å²) in [5.41, 5.74) is 0. The summed E-state index contributed by atoms with van der Waals surface area (Å²) in [6.45, 7) is 6.18. The third kappa shape index (κ3) is 2.71. The van der Waals surface area contributed by atoms with E-state index in [0.717, 1.165) is 5.92 Å². The van der Waals surface area contributed by atoms with E-state index in [4.69, 9.17) is 4.43 Å². The lowest BCUT2D eigenvalue weighted by molar-refractivity contribution is -0.136. The summed E-state index contributed by atoms with van der Waals surface area (Å²) in [5.74, 6) is 1.99. The monoisotopic (exact) mass is 224 g/mol. The summed E-state index contributed by atoms with van der Waals surface area (Å²) in [5, 5.41) is 0. The lowest BCUT2D eigenvalue weighted by Crippen LogP contribution is -2.30. The Kier molecular flexibility index (Phi) is 2.75. The van der Waals surface area contributed by atoms with Crippen LogP contribution in [0.5, 0.6) is 0 Å². The van der Waals surface area contributed by atoms with Crippen LogP contribution in [0.4, 0.5) is 0 Å². The maximum Gasteiger partial charge on any atom is 0.292 e. The van der Waals surface area contributed by atoms with Crippen molar-refractivity contribution in [3.63, 3.8) is 0 Å².